The van der Waals surface area contributed by atoms with Crippen molar-refractivity contribution in [2.45, 2.75) is 48.8 Å². The molecule has 0 aromatic heterocycles. The molecule has 0 aliphatic carbocycles. The van der Waals surface area contributed by atoms with E-state index in [4.69, 9.17) is 4.74 Å². The van der Waals surface area contributed by atoms with E-state index in [1.54, 1.807) is 7.11 Å². The number of nitrogens with zero attached hydrogens (tertiary/aromatic N) is 2. The number of hydrogen-bond acceptors (Lipinski definition) is 4. The van der Waals surface area contributed by atoms with Crippen LogP contribution >= 0.6 is 0 Å². The first-order valence-electron chi connectivity index (χ1n) is 13.4. The van der Waals surface area contributed by atoms with Crippen molar-refractivity contribution < 1.29 is 35.1 Å². The molecule has 3 aromatic rings. The molecule has 3 atom stereocenters. The van der Waals surface area contributed by atoms with Gasteiger partial charge in [-0.2, -0.15) is 17.5 Å². The van der Waals surface area contributed by atoms with Gasteiger partial charge in [0, 0.05) is 38.2 Å². The van der Waals surface area contributed by atoms with Gasteiger partial charge in [-0.1, -0.05) is 42.5 Å². The third-order valence-corrected chi connectivity index (χ3v) is 10.2. The first-order valence-corrected chi connectivity index (χ1v) is 14.8. The maximum Gasteiger partial charge on any atom is 0.417 e. The van der Waals surface area contributed by atoms with Crippen LogP contribution in [0.5, 0.6) is 0 Å². The van der Waals surface area contributed by atoms with Crippen molar-refractivity contribution in [1.82, 2.24) is 9.21 Å². The number of hydrogen-bond donors (Lipinski definition) is 0. The Hall–Kier alpha value is -2.86. The van der Waals surface area contributed by atoms with Gasteiger partial charge >= 0.3 is 6.18 Å². The van der Waals surface area contributed by atoms with Crippen LogP contribution in [0.1, 0.15) is 35.4 Å². The molecule has 2 saturated heterocycles. The second-order valence-corrected chi connectivity index (χ2v) is 12.5. The van der Waals surface area contributed by atoms with Gasteiger partial charge in [0.05, 0.1) is 17.1 Å². The molecule has 2 aliphatic rings. The highest BCUT2D eigenvalue weighted by atomic mass is 32.2. The quantitative estimate of drug-likeness (QED) is 0.318. The summed E-state index contributed by atoms with van der Waals surface area (Å²) in [6.07, 6.45) is -3.61. The highest BCUT2D eigenvalue weighted by molar-refractivity contribution is 7.89. The zero-order valence-electron chi connectivity index (χ0n) is 22.7. The SMILES string of the molecule is COCC1[C@@H](c2ccc(-c3ccc(F)c(F)c3C)cc2)[C@@H]2CN(S(=O)(=O)c3ccccc3C(F)(F)F)CCCCN12. The summed E-state index contributed by atoms with van der Waals surface area (Å²) in [4.78, 5) is 1.44. The summed E-state index contributed by atoms with van der Waals surface area (Å²) in [5.41, 5.74) is 1.20. The Kier molecular flexibility index (Phi) is 8.26. The number of methoxy groups -OCH3 is 1. The van der Waals surface area contributed by atoms with Crippen LogP contribution in [0, 0.1) is 18.6 Å². The third-order valence-electron chi connectivity index (χ3n) is 8.24. The lowest BCUT2D eigenvalue weighted by molar-refractivity contribution is -0.139. The number of fused-ring (bicyclic) bond motifs is 1. The predicted octanol–water partition coefficient (Wildman–Crippen LogP) is 6.23. The highest BCUT2D eigenvalue weighted by Gasteiger charge is 2.51. The van der Waals surface area contributed by atoms with E-state index >= 15 is 0 Å². The summed E-state index contributed by atoms with van der Waals surface area (Å²) < 4.78 is 103. The van der Waals surface area contributed by atoms with Crippen molar-refractivity contribution >= 4 is 10.0 Å². The van der Waals surface area contributed by atoms with E-state index in [9.17, 15) is 30.4 Å². The van der Waals surface area contributed by atoms with E-state index in [-0.39, 0.29) is 36.7 Å². The summed E-state index contributed by atoms with van der Waals surface area (Å²) in [6, 6.07) is 14.0. The predicted molar refractivity (Wildman–Crippen MR) is 145 cm³/mol. The number of sulfonamides is 1. The standard InChI is InChI=1S/C30H31F5N2O3S/c1-19-22(13-14-24(31)29(19)32)20-9-11-21(12-10-20)28-25-17-36(15-5-6-16-37(25)26(28)18-40-2)41(38,39)27-8-4-3-7-23(27)30(33,34)35/h3-4,7-14,25-26,28H,5-6,15-18H2,1-2H3/t25-,26?,28-/m0/s1. The fourth-order valence-corrected chi connectivity index (χ4v) is 7.90. The zero-order chi connectivity index (χ0) is 29.5. The molecule has 41 heavy (non-hydrogen) atoms. The minimum absolute atomic E-state index is 0.0312. The number of ether oxygens (including phenoxy) is 1. The molecule has 5 rings (SSSR count). The fourth-order valence-electron chi connectivity index (χ4n) is 6.19. The molecule has 0 N–H and O–H groups in total. The monoisotopic (exact) mass is 594 g/mol. The minimum Gasteiger partial charge on any atom is -0.383 e. The maximum absolute atomic E-state index is 14.2. The lowest BCUT2D eigenvalue weighted by Crippen LogP contribution is -2.68. The Bertz CT molecular complexity index is 1510. The Morgan fingerprint density at radius 3 is 2.32 bits per heavy atom. The average molecular weight is 595 g/mol. The van der Waals surface area contributed by atoms with E-state index in [1.165, 1.54) is 29.4 Å². The summed E-state index contributed by atoms with van der Waals surface area (Å²) in [5, 5.41) is 0. The molecule has 5 nitrogen and oxygen atoms in total. The van der Waals surface area contributed by atoms with Gasteiger partial charge in [-0.05, 0) is 66.8 Å². The zero-order valence-corrected chi connectivity index (χ0v) is 23.5. The summed E-state index contributed by atoms with van der Waals surface area (Å²) in [5.74, 6) is -1.96. The molecule has 2 heterocycles. The van der Waals surface area contributed by atoms with Gasteiger partial charge in [-0.3, -0.25) is 4.90 Å². The molecule has 0 spiro atoms. The largest absolute Gasteiger partial charge is 0.417 e. The summed E-state index contributed by atoms with van der Waals surface area (Å²) in [6.45, 7) is 2.78. The molecule has 2 aliphatic heterocycles. The van der Waals surface area contributed by atoms with Crippen LogP contribution in [0.25, 0.3) is 11.1 Å². The first-order chi connectivity index (χ1) is 19.4. The van der Waals surface area contributed by atoms with Gasteiger partial charge in [-0.25, -0.2) is 17.2 Å². The van der Waals surface area contributed by atoms with Crippen molar-refractivity contribution in [1.29, 1.82) is 0 Å². The molecule has 0 saturated carbocycles. The number of rotatable bonds is 6. The lowest BCUT2D eigenvalue weighted by Gasteiger charge is -2.57. The Morgan fingerprint density at radius 2 is 1.63 bits per heavy atom. The van der Waals surface area contributed by atoms with Crippen molar-refractivity contribution in [3.05, 3.63) is 89.0 Å². The van der Waals surface area contributed by atoms with Crippen LogP contribution in [0.2, 0.25) is 0 Å². The second-order valence-electron chi connectivity index (χ2n) is 10.6. The first kappa shape index (κ1) is 29.6. The topological polar surface area (TPSA) is 49.9 Å². The van der Waals surface area contributed by atoms with Crippen molar-refractivity contribution in [2.75, 3.05) is 33.4 Å². The van der Waals surface area contributed by atoms with Crippen LogP contribution in [-0.2, 0) is 20.9 Å². The smallest absolute Gasteiger partial charge is 0.383 e. The Balaban J connectivity index is 1.47. The number of alkyl halides is 3. The van der Waals surface area contributed by atoms with Crippen LogP contribution in [0.15, 0.2) is 65.6 Å². The molecule has 0 amide bonds. The van der Waals surface area contributed by atoms with Gasteiger partial charge in [-0.15, -0.1) is 0 Å². The van der Waals surface area contributed by atoms with E-state index in [0.717, 1.165) is 23.8 Å². The summed E-state index contributed by atoms with van der Waals surface area (Å²) in [7, 11) is -2.85. The third kappa shape index (κ3) is 5.52. The van der Waals surface area contributed by atoms with Crippen LogP contribution in [0.4, 0.5) is 22.0 Å². The molecular formula is C30H31F5N2O3S. The molecule has 1 unspecified atom stereocenters. The normalized spacial score (nSPS) is 22.5. The van der Waals surface area contributed by atoms with Crippen molar-refractivity contribution in [3.8, 4) is 11.1 Å². The molecule has 11 heteroatoms. The Morgan fingerprint density at radius 1 is 0.951 bits per heavy atom. The minimum atomic E-state index is -4.81. The van der Waals surface area contributed by atoms with E-state index < -0.39 is 38.3 Å². The van der Waals surface area contributed by atoms with Gasteiger partial charge in [0.25, 0.3) is 0 Å². The molecule has 0 bridgehead atoms. The molecular weight excluding hydrogens is 563 g/mol. The highest BCUT2D eigenvalue weighted by Crippen LogP contribution is 2.44. The molecule has 0 radical (unpaired) electrons. The van der Waals surface area contributed by atoms with Crippen molar-refractivity contribution in [3.63, 3.8) is 0 Å². The molecule has 2 fully saturated rings. The second kappa shape index (κ2) is 11.4. The van der Waals surface area contributed by atoms with Gasteiger partial charge in [0.2, 0.25) is 10.0 Å². The van der Waals surface area contributed by atoms with Crippen LogP contribution < -0.4 is 0 Å². The van der Waals surface area contributed by atoms with Gasteiger partial charge < -0.3 is 4.74 Å². The van der Waals surface area contributed by atoms with Gasteiger partial charge in [0.15, 0.2) is 11.6 Å². The van der Waals surface area contributed by atoms with E-state index in [1.807, 2.05) is 24.3 Å². The maximum atomic E-state index is 14.2. The molecule has 3 aromatic carbocycles. The summed E-state index contributed by atoms with van der Waals surface area (Å²) >= 11 is 0. The van der Waals surface area contributed by atoms with Crippen LogP contribution in [0.3, 0.4) is 0 Å². The van der Waals surface area contributed by atoms with Gasteiger partial charge in [0.1, 0.15) is 0 Å². The van der Waals surface area contributed by atoms with Crippen molar-refractivity contribution in [2.24, 2.45) is 0 Å². The lowest BCUT2D eigenvalue weighted by atomic mass is 9.74. The average Bonchev–Trinajstić information content (AvgIpc) is 2.92. The number of benzene rings is 3. The Labute approximate surface area is 236 Å². The fraction of sp³-hybridized carbons (Fsp3) is 0.400. The molecule has 220 valence electrons. The number of halogens is 5. The van der Waals surface area contributed by atoms with E-state index in [2.05, 4.69) is 4.90 Å². The van der Waals surface area contributed by atoms with Crippen LogP contribution in [-0.4, -0.2) is 63.1 Å². The van der Waals surface area contributed by atoms with E-state index in [0.29, 0.717) is 37.1 Å².